The molecule has 2 aromatic heterocycles. The van der Waals surface area contributed by atoms with E-state index in [2.05, 4.69) is 94.7 Å². The summed E-state index contributed by atoms with van der Waals surface area (Å²) in [5, 5.41) is 4.79. The zero-order valence-electron chi connectivity index (χ0n) is 19.1. The number of fused-ring (bicyclic) bond motifs is 1. The second kappa shape index (κ2) is 9.12. The van der Waals surface area contributed by atoms with Crippen LogP contribution in [-0.4, -0.2) is 45.7 Å². The van der Waals surface area contributed by atoms with Crippen LogP contribution in [0.15, 0.2) is 103 Å². The van der Waals surface area contributed by atoms with Crippen molar-refractivity contribution in [1.29, 1.82) is 0 Å². The zero-order valence-corrected chi connectivity index (χ0v) is 19.1. The van der Waals surface area contributed by atoms with E-state index in [4.69, 9.17) is 10.1 Å². The molecule has 0 N–H and O–H groups in total. The second-order valence-corrected chi connectivity index (χ2v) is 8.77. The Bertz CT molecular complexity index is 1370. The van der Waals surface area contributed by atoms with Crippen molar-refractivity contribution in [3.05, 3.63) is 109 Å². The van der Waals surface area contributed by atoms with E-state index in [1.807, 2.05) is 22.8 Å². The van der Waals surface area contributed by atoms with E-state index in [1.54, 1.807) is 0 Å². The van der Waals surface area contributed by atoms with Gasteiger partial charge in [0.05, 0.1) is 11.9 Å². The molecule has 0 saturated carbocycles. The zero-order chi connectivity index (χ0) is 22.7. The first-order valence-electron chi connectivity index (χ1n) is 11.9. The van der Waals surface area contributed by atoms with E-state index in [0.717, 1.165) is 66.6 Å². The van der Waals surface area contributed by atoms with Gasteiger partial charge in [-0.05, 0) is 11.1 Å². The number of piperazine rings is 1. The molecule has 3 heterocycles. The molecule has 6 rings (SSSR count). The maximum absolute atomic E-state index is 5.07. The van der Waals surface area contributed by atoms with Crippen molar-refractivity contribution in [3.8, 4) is 22.4 Å². The molecule has 0 bridgehead atoms. The van der Waals surface area contributed by atoms with Crippen LogP contribution in [-0.2, 0) is 6.54 Å². The smallest absolute Gasteiger partial charge is 0.165 e. The summed E-state index contributed by atoms with van der Waals surface area (Å²) in [6, 6.07) is 33.8. The number of hydrogen-bond donors (Lipinski definition) is 0. The third-order valence-corrected chi connectivity index (χ3v) is 6.55. The summed E-state index contributed by atoms with van der Waals surface area (Å²) in [7, 11) is 0. The summed E-state index contributed by atoms with van der Waals surface area (Å²) in [6.45, 7) is 4.95. The third-order valence-electron chi connectivity index (χ3n) is 6.55. The number of rotatable bonds is 5. The monoisotopic (exact) mass is 445 g/mol. The first-order valence-corrected chi connectivity index (χ1v) is 11.9. The Morgan fingerprint density at radius 1 is 0.676 bits per heavy atom. The van der Waals surface area contributed by atoms with Crippen LogP contribution >= 0.6 is 0 Å². The number of benzene rings is 3. The van der Waals surface area contributed by atoms with Gasteiger partial charge in [0.1, 0.15) is 5.82 Å². The molecule has 1 fully saturated rings. The number of nitrogens with zero attached hydrogens (tertiary/aromatic N) is 5. The summed E-state index contributed by atoms with van der Waals surface area (Å²) >= 11 is 0. The maximum atomic E-state index is 5.07. The van der Waals surface area contributed by atoms with Crippen molar-refractivity contribution in [2.45, 2.75) is 6.54 Å². The molecular weight excluding hydrogens is 418 g/mol. The Morgan fingerprint density at radius 3 is 1.97 bits per heavy atom. The molecule has 168 valence electrons. The van der Waals surface area contributed by atoms with Gasteiger partial charge >= 0.3 is 0 Å². The van der Waals surface area contributed by atoms with E-state index in [9.17, 15) is 0 Å². The minimum absolute atomic E-state index is 0.897. The Morgan fingerprint density at radius 2 is 1.29 bits per heavy atom. The number of hydrogen-bond acceptors (Lipinski definition) is 4. The molecule has 5 heteroatoms. The van der Waals surface area contributed by atoms with Crippen molar-refractivity contribution in [2.75, 3.05) is 31.1 Å². The van der Waals surface area contributed by atoms with Crippen molar-refractivity contribution >= 4 is 11.5 Å². The quantitative estimate of drug-likeness (QED) is 0.364. The maximum Gasteiger partial charge on any atom is 0.165 e. The van der Waals surface area contributed by atoms with Gasteiger partial charge in [-0.25, -0.2) is 4.98 Å². The van der Waals surface area contributed by atoms with Gasteiger partial charge in [-0.2, -0.15) is 9.61 Å². The normalized spacial score (nSPS) is 14.5. The molecule has 0 radical (unpaired) electrons. The van der Waals surface area contributed by atoms with Gasteiger partial charge in [0.25, 0.3) is 0 Å². The van der Waals surface area contributed by atoms with Crippen molar-refractivity contribution in [2.24, 2.45) is 0 Å². The lowest BCUT2D eigenvalue weighted by atomic mass is 10.1. The Balaban J connectivity index is 1.35. The fraction of sp³-hybridized carbons (Fsp3) is 0.172. The molecule has 0 aliphatic carbocycles. The molecule has 0 atom stereocenters. The topological polar surface area (TPSA) is 36.7 Å². The fourth-order valence-corrected chi connectivity index (χ4v) is 4.73. The highest BCUT2D eigenvalue weighted by molar-refractivity contribution is 5.80. The first kappa shape index (κ1) is 20.6. The molecule has 1 aliphatic heterocycles. The van der Waals surface area contributed by atoms with E-state index in [0.29, 0.717) is 0 Å². The van der Waals surface area contributed by atoms with Crippen molar-refractivity contribution in [1.82, 2.24) is 19.5 Å². The average Bonchev–Trinajstić information content (AvgIpc) is 3.34. The van der Waals surface area contributed by atoms with Crippen LogP contribution in [0.4, 0.5) is 5.82 Å². The molecule has 0 unspecified atom stereocenters. The Kier molecular flexibility index (Phi) is 5.53. The molecule has 0 spiro atoms. The molecule has 5 aromatic rings. The largest absolute Gasteiger partial charge is 0.354 e. The van der Waals surface area contributed by atoms with Crippen LogP contribution in [0.5, 0.6) is 0 Å². The van der Waals surface area contributed by atoms with Crippen molar-refractivity contribution in [3.63, 3.8) is 0 Å². The van der Waals surface area contributed by atoms with Gasteiger partial charge < -0.3 is 4.90 Å². The molecule has 3 aromatic carbocycles. The highest BCUT2D eigenvalue weighted by atomic mass is 15.4. The van der Waals surface area contributed by atoms with Gasteiger partial charge in [0.2, 0.25) is 0 Å². The van der Waals surface area contributed by atoms with Crippen molar-refractivity contribution < 1.29 is 0 Å². The second-order valence-electron chi connectivity index (χ2n) is 8.77. The Labute approximate surface area is 199 Å². The summed E-state index contributed by atoms with van der Waals surface area (Å²) in [5.74, 6) is 1.10. The summed E-state index contributed by atoms with van der Waals surface area (Å²) in [5.41, 5.74) is 6.56. The number of aromatic nitrogens is 3. The lowest BCUT2D eigenvalue weighted by Crippen LogP contribution is -2.46. The van der Waals surface area contributed by atoms with E-state index < -0.39 is 0 Å². The van der Waals surface area contributed by atoms with E-state index in [1.165, 1.54) is 5.56 Å². The highest BCUT2D eigenvalue weighted by Gasteiger charge is 2.22. The van der Waals surface area contributed by atoms with Gasteiger partial charge in [-0.3, -0.25) is 4.90 Å². The molecule has 1 saturated heterocycles. The first-order chi connectivity index (χ1) is 16.8. The summed E-state index contributed by atoms with van der Waals surface area (Å²) in [6.07, 6.45) is 1.95. The van der Waals surface area contributed by atoms with E-state index in [-0.39, 0.29) is 0 Å². The van der Waals surface area contributed by atoms with E-state index >= 15 is 0 Å². The van der Waals surface area contributed by atoms with Crippen LogP contribution in [0, 0.1) is 0 Å². The number of anilines is 1. The average molecular weight is 446 g/mol. The van der Waals surface area contributed by atoms with Crippen LogP contribution in [0.3, 0.4) is 0 Å². The minimum atomic E-state index is 0.897. The highest BCUT2D eigenvalue weighted by Crippen LogP contribution is 2.30. The van der Waals surface area contributed by atoms with Crippen LogP contribution < -0.4 is 4.90 Å². The molecule has 34 heavy (non-hydrogen) atoms. The van der Waals surface area contributed by atoms with Crippen LogP contribution in [0.2, 0.25) is 0 Å². The lowest BCUT2D eigenvalue weighted by molar-refractivity contribution is 0.249. The molecule has 0 amide bonds. The van der Waals surface area contributed by atoms with Crippen LogP contribution in [0.25, 0.3) is 28.0 Å². The summed E-state index contributed by atoms with van der Waals surface area (Å²) < 4.78 is 2.02. The standard InChI is InChI=1S/C29H27N5/c1-4-10-23(11-5-1)22-32-16-18-33(19-17-32)28-20-27(25-14-8-3-9-15-25)31-29-26(21-30-34(28)29)24-12-6-2-7-13-24/h1-15,20-21H,16-19,22H2. The molecule has 1 aliphatic rings. The molecular formula is C29H27N5. The summed E-state index contributed by atoms with van der Waals surface area (Å²) in [4.78, 5) is 10.0. The third kappa shape index (κ3) is 4.06. The fourth-order valence-electron chi connectivity index (χ4n) is 4.73. The van der Waals surface area contributed by atoms with Gasteiger partial charge in [-0.1, -0.05) is 91.0 Å². The van der Waals surface area contributed by atoms with Gasteiger partial charge in [0.15, 0.2) is 5.65 Å². The lowest BCUT2D eigenvalue weighted by Gasteiger charge is -2.36. The predicted octanol–water partition coefficient (Wildman–Crippen LogP) is 5.39. The predicted molar refractivity (Wildman–Crippen MR) is 138 cm³/mol. The van der Waals surface area contributed by atoms with Gasteiger partial charge in [-0.15, -0.1) is 0 Å². The van der Waals surface area contributed by atoms with Crippen LogP contribution in [0.1, 0.15) is 5.56 Å². The molecule has 5 nitrogen and oxygen atoms in total. The Hall–Kier alpha value is -3.96. The minimum Gasteiger partial charge on any atom is -0.354 e. The SMILES string of the molecule is c1ccc(CN2CCN(c3cc(-c4ccccc4)nc4c(-c5ccccc5)cnn34)CC2)cc1. The van der Waals surface area contributed by atoms with Gasteiger partial charge in [0, 0.05) is 49.9 Å².